The van der Waals surface area contributed by atoms with Crippen LogP contribution in [0.2, 0.25) is 0 Å². The summed E-state index contributed by atoms with van der Waals surface area (Å²) in [4.78, 5) is 0. The molecule has 0 aliphatic heterocycles. The molecule has 0 atom stereocenters. The van der Waals surface area contributed by atoms with Crippen LogP contribution in [-0.2, 0) is 12.0 Å². The van der Waals surface area contributed by atoms with Crippen LogP contribution in [0.5, 0.6) is 0 Å². The lowest BCUT2D eigenvalue weighted by molar-refractivity contribution is 0.591. The Balaban J connectivity index is 2.49. The Labute approximate surface area is 97.1 Å². The molecule has 86 valence electrons. The third-order valence-electron chi connectivity index (χ3n) is 3.01. The number of aromatic nitrogens is 1. The fourth-order valence-electron chi connectivity index (χ4n) is 2.00. The van der Waals surface area contributed by atoms with Crippen LogP contribution in [0.4, 0.5) is 0 Å². The van der Waals surface area contributed by atoms with E-state index in [4.69, 9.17) is 5.73 Å². The zero-order valence-corrected chi connectivity index (χ0v) is 10.3. The number of fused-ring (bicyclic) bond motifs is 1. The second-order valence-electron chi connectivity index (χ2n) is 5.32. The van der Waals surface area contributed by atoms with Gasteiger partial charge in [0.25, 0.3) is 0 Å². The molecule has 2 heteroatoms. The quantitative estimate of drug-likeness (QED) is 0.822. The molecule has 0 fully saturated rings. The van der Waals surface area contributed by atoms with E-state index >= 15 is 0 Å². The van der Waals surface area contributed by atoms with E-state index in [1.165, 1.54) is 16.5 Å². The largest absolute Gasteiger partial charge is 0.346 e. The first kappa shape index (κ1) is 11.2. The van der Waals surface area contributed by atoms with Crippen LogP contribution in [-0.4, -0.2) is 11.1 Å². The molecule has 2 rings (SSSR count). The van der Waals surface area contributed by atoms with Crippen molar-refractivity contribution < 1.29 is 0 Å². The fraction of sp³-hybridized carbons (Fsp3) is 0.429. The molecule has 1 aromatic heterocycles. The molecule has 0 bridgehead atoms. The van der Waals surface area contributed by atoms with Gasteiger partial charge in [0.15, 0.2) is 0 Å². The summed E-state index contributed by atoms with van der Waals surface area (Å²) in [6.45, 7) is 8.30. The highest BCUT2D eigenvalue weighted by Crippen LogP contribution is 2.26. The number of rotatable bonds is 2. The minimum atomic E-state index is 0.212. The van der Waals surface area contributed by atoms with E-state index in [2.05, 4.69) is 55.8 Å². The summed E-state index contributed by atoms with van der Waals surface area (Å²) in [5, 5.41) is 1.31. The van der Waals surface area contributed by atoms with Crippen molar-refractivity contribution in [1.29, 1.82) is 0 Å². The maximum absolute atomic E-state index is 5.59. The monoisotopic (exact) mass is 216 g/mol. The minimum absolute atomic E-state index is 0.212. The Morgan fingerprint density at radius 2 is 1.94 bits per heavy atom. The SMILES string of the molecule is CC(C)(C)c1ccc2c(ccn2CCN)c1. The van der Waals surface area contributed by atoms with Gasteiger partial charge in [-0.2, -0.15) is 0 Å². The summed E-state index contributed by atoms with van der Waals surface area (Å²) >= 11 is 0. The molecule has 1 aromatic carbocycles. The second kappa shape index (κ2) is 3.95. The van der Waals surface area contributed by atoms with Gasteiger partial charge in [-0.1, -0.05) is 26.8 Å². The minimum Gasteiger partial charge on any atom is -0.346 e. The van der Waals surface area contributed by atoms with Crippen molar-refractivity contribution in [3.05, 3.63) is 36.0 Å². The van der Waals surface area contributed by atoms with E-state index in [0.717, 1.165) is 6.54 Å². The molecule has 0 amide bonds. The molecule has 1 heterocycles. The first-order valence-electron chi connectivity index (χ1n) is 5.82. The van der Waals surface area contributed by atoms with Crippen LogP contribution in [0, 0.1) is 0 Å². The maximum atomic E-state index is 5.59. The van der Waals surface area contributed by atoms with Crippen LogP contribution >= 0.6 is 0 Å². The molecule has 0 saturated carbocycles. The van der Waals surface area contributed by atoms with E-state index in [1.807, 2.05) is 0 Å². The van der Waals surface area contributed by atoms with Gasteiger partial charge in [-0.05, 0) is 34.6 Å². The van der Waals surface area contributed by atoms with E-state index in [-0.39, 0.29) is 5.41 Å². The molecule has 0 radical (unpaired) electrons. The summed E-state index contributed by atoms with van der Waals surface area (Å²) in [6, 6.07) is 8.86. The van der Waals surface area contributed by atoms with Gasteiger partial charge in [-0.15, -0.1) is 0 Å². The lowest BCUT2D eigenvalue weighted by Crippen LogP contribution is -2.11. The lowest BCUT2D eigenvalue weighted by atomic mass is 9.86. The molecule has 0 spiro atoms. The zero-order chi connectivity index (χ0) is 11.8. The van der Waals surface area contributed by atoms with Gasteiger partial charge < -0.3 is 10.3 Å². The standard InChI is InChI=1S/C14H20N2/c1-14(2,3)12-4-5-13-11(10-12)6-8-16(13)9-7-15/h4-6,8,10H,7,9,15H2,1-3H3. The summed E-state index contributed by atoms with van der Waals surface area (Å²) < 4.78 is 2.21. The average molecular weight is 216 g/mol. The highest BCUT2D eigenvalue weighted by molar-refractivity contribution is 5.81. The highest BCUT2D eigenvalue weighted by atomic mass is 15.0. The van der Waals surface area contributed by atoms with Crippen molar-refractivity contribution in [3.8, 4) is 0 Å². The van der Waals surface area contributed by atoms with Crippen molar-refractivity contribution in [3.63, 3.8) is 0 Å². The van der Waals surface area contributed by atoms with Gasteiger partial charge in [0, 0.05) is 24.8 Å². The Morgan fingerprint density at radius 1 is 1.19 bits per heavy atom. The molecule has 0 unspecified atom stereocenters. The van der Waals surface area contributed by atoms with E-state index < -0.39 is 0 Å². The van der Waals surface area contributed by atoms with Crippen molar-refractivity contribution in [2.75, 3.05) is 6.54 Å². The predicted octanol–water partition coefficient (Wildman–Crippen LogP) is 2.90. The number of benzene rings is 1. The van der Waals surface area contributed by atoms with Gasteiger partial charge in [-0.3, -0.25) is 0 Å². The van der Waals surface area contributed by atoms with E-state index in [1.54, 1.807) is 0 Å². The van der Waals surface area contributed by atoms with Crippen LogP contribution in [0.15, 0.2) is 30.5 Å². The number of nitrogens with two attached hydrogens (primary N) is 1. The van der Waals surface area contributed by atoms with Crippen LogP contribution in [0.25, 0.3) is 10.9 Å². The van der Waals surface area contributed by atoms with Gasteiger partial charge >= 0.3 is 0 Å². The van der Waals surface area contributed by atoms with Gasteiger partial charge in [0.05, 0.1) is 0 Å². The third kappa shape index (κ3) is 1.98. The summed E-state index contributed by atoms with van der Waals surface area (Å²) in [7, 11) is 0. The van der Waals surface area contributed by atoms with Crippen LogP contribution in [0.3, 0.4) is 0 Å². The summed E-state index contributed by atoms with van der Waals surface area (Å²) in [5.74, 6) is 0. The molecular weight excluding hydrogens is 196 g/mol. The number of hydrogen-bond donors (Lipinski definition) is 1. The Hall–Kier alpha value is -1.28. The molecular formula is C14H20N2. The smallest absolute Gasteiger partial charge is 0.0480 e. The van der Waals surface area contributed by atoms with Gasteiger partial charge in [0.2, 0.25) is 0 Å². The molecule has 2 N–H and O–H groups in total. The fourth-order valence-corrected chi connectivity index (χ4v) is 2.00. The Bertz CT molecular complexity index is 489. The van der Waals surface area contributed by atoms with E-state index in [0.29, 0.717) is 6.54 Å². The van der Waals surface area contributed by atoms with Crippen molar-refractivity contribution in [2.45, 2.75) is 32.7 Å². The van der Waals surface area contributed by atoms with Gasteiger partial charge in [-0.25, -0.2) is 0 Å². The van der Waals surface area contributed by atoms with Gasteiger partial charge in [0.1, 0.15) is 0 Å². The topological polar surface area (TPSA) is 30.9 Å². The zero-order valence-electron chi connectivity index (χ0n) is 10.3. The predicted molar refractivity (Wildman–Crippen MR) is 69.7 cm³/mol. The molecule has 2 nitrogen and oxygen atoms in total. The maximum Gasteiger partial charge on any atom is 0.0480 e. The molecule has 0 aliphatic carbocycles. The first-order valence-corrected chi connectivity index (χ1v) is 5.82. The van der Waals surface area contributed by atoms with Crippen molar-refractivity contribution >= 4 is 10.9 Å². The summed E-state index contributed by atoms with van der Waals surface area (Å²) in [5.41, 5.74) is 8.46. The number of hydrogen-bond acceptors (Lipinski definition) is 1. The molecule has 0 aliphatic rings. The van der Waals surface area contributed by atoms with Crippen molar-refractivity contribution in [2.24, 2.45) is 5.73 Å². The van der Waals surface area contributed by atoms with Crippen LogP contribution < -0.4 is 5.73 Å². The molecule has 16 heavy (non-hydrogen) atoms. The Morgan fingerprint density at radius 3 is 2.56 bits per heavy atom. The summed E-state index contributed by atoms with van der Waals surface area (Å²) in [6.07, 6.45) is 2.12. The van der Waals surface area contributed by atoms with E-state index in [9.17, 15) is 0 Å². The second-order valence-corrected chi connectivity index (χ2v) is 5.32. The Kier molecular flexibility index (Phi) is 2.76. The highest BCUT2D eigenvalue weighted by Gasteiger charge is 2.14. The normalized spacial score (nSPS) is 12.2. The van der Waals surface area contributed by atoms with Crippen molar-refractivity contribution in [1.82, 2.24) is 4.57 Å². The average Bonchev–Trinajstić information content (AvgIpc) is 2.60. The first-order chi connectivity index (χ1) is 7.52. The number of nitrogens with zero attached hydrogens (tertiary/aromatic N) is 1. The lowest BCUT2D eigenvalue weighted by Gasteiger charge is -2.19. The molecule has 2 aromatic rings. The van der Waals surface area contributed by atoms with Crippen LogP contribution in [0.1, 0.15) is 26.3 Å². The molecule has 0 saturated heterocycles. The third-order valence-corrected chi connectivity index (χ3v) is 3.01.